The minimum atomic E-state index is -3.47. The Morgan fingerprint density at radius 3 is 2.19 bits per heavy atom. The molecule has 6 nitrogen and oxygen atoms in total. The Bertz CT molecular complexity index is 659. The third-order valence-corrected chi connectivity index (χ3v) is 6.22. The quantitative estimate of drug-likeness (QED) is 0.652. The van der Waals surface area contributed by atoms with E-state index in [1.54, 1.807) is 17.0 Å². The molecule has 1 rings (SSSR count). The monoisotopic (exact) mass is 403 g/mol. The number of hydrogen-bond donors (Lipinski definition) is 1. The summed E-state index contributed by atoms with van der Waals surface area (Å²) in [5, 5.41) is 3.37. The Morgan fingerprint density at radius 1 is 1.12 bits per heavy atom. The van der Waals surface area contributed by atoms with E-state index in [4.69, 9.17) is 11.6 Å². The van der Waals surface area contributed by atoms with Crippen LogP contribution in [0.1, 0.15) is 27.7 Å². The van der Waals surface area contributed by atoms with E-state index in [0.29, 0.717) is 11.6 Å². The maximum atomic E-state index is 12.5. The molecule has 0 saturated heterocycles. The van der Waals surface area contributed by atoms with Crippen LogP contribution >= 0.6 is 11.6 Å². The first-order chi connectivity index (χ1) is 12.2. The second-order valence-corrected chi connectivity index (χ2v) is 8.86. The average molecular weight is 404 g/mol. The number of hydrogen-bond acceptors (Lipinski definition) is 4. The normalized spacial score (nSPS) is 11.8. The van der Waals surface area contributed by atoms with E-state index in [0.717, 1.165) is 19.6 Å². The van der Waals surface area contributed by atoms with Gasteiger partial charge in [-0.2, -0.15) is 0 Å². The van der Waals surface area contributed by atoms with Crippen molar-refractivity contribution in [3.63, 3.8) is 0 Å². The first kappa shape index (κ1) is 22.7. The van der Waals surface area contributed by atoms with Gasteiger partial charge in [0.2, 0.25) is 0 Å². The Balaban J connectivity index is 2.64. The van der Waals surface area contributed by atoms with Gasteiger partial charge in [-0.1, -0.05) is 25.4 Å². The molecule has 1 N–H and O–H groups in total. The van der Waals surface area contributed by atoms with E-state index in [9.17, 15) is 13.2 Å². The third kappa shape index (κ3) is 7.13. The molecule has 0 spiro atoms. The Morgan fingerprint density at radius 2 is 1.69 bits per heavy atom. The fraction of sp³-hybridized carbons (Fsp3) is 0.611. The minimum Gasteiger partial charge on any atom is -0.337 e. The van der Waals surface area contributed by atoms with Gasteiger partial charge in [0.15, 0.2) is 9.84 Å². The van der Waals surface area contributed by atoms with Crippen LogP contribution in [0.2, 0.25) is 5.02 Å². The molecule has 8 heteroatoms. The summed E-state index contributed by atoms with van der Waals surface area (Å²) < 4.78 is 24.9. The van der Waals surface area contributed by atoms with Gasteiger partial charge in [0.1, 0.15) is 0 Å². The molecular weight excluding hydrogens is 374 g/mol. The van der Waals surface area contributed by atoms with Crippen LogP contribution in [0.3, 0.4) is 0 Å². The van der Waals surface area contributed by atoms with Gasteiger partial charge in [-0.25, -0.2) is 13.2 Å². The van der Waals surface area contributed by atoms with E-state index < -0.39 is 9.84 Å². The van der Waals surface area contributed by atoms with E-state index in [-0.39, 0.29) is 29.3 Å². The lowest BCUT2D eigenvalue weighted by Crippen LogP contribution is -2.47. The van der Waals surface area contributed by atoms with Crippen LogP contribution in [0.4, 0.5) is 4.79 Å². The third-order valence-electron chi connectivity index (χ3n) is 4.26. The molecule has 0 aliphatic carbocycles. The lowest BCUT2D eigenvalue weighted by molar-refractivity contribution is 0.185. The lowest BCUT2D eigenvalue weighted by Gasteiger charge is -2.27. The molecule has 2 amide bonds. The number of sulfone groups is 1. The molecule has 1 aromatic rings. The predicted molar refractivity (Wildman–Crippen MR) is 107 cm³/mol. The second kappa shape index (κ2) is 10.7. The zero-order valence-corrected chi connectivity index (χ0v) is 17.6. The summed E-state index contributed by atoms with van der Waals surface area (Å²) in [7, 11) is -3.47. The maximum Gasteiger partial charge on any atom is 0.317 e. The van der Waals surface area contributed by atoms with Crippen molar-refractivity contribution in [3.05, 3.63) is 29.3 Å². The van der Waals surface area contributed by atoms with Gasteiger partial charge < -0.3 is 15.1 Å². The van der Waals surface area contributed by atoms with Crippen LogP contribution in [0, 0.1) is 0 Å². The molecule has 0 heterocycles. The average Bonchev–Trinajstić information content (AvgIpc) is 2.59. The van der Waals surface area contributed by atoms with Gasteiger partial charge in [-0.05, 0) is 51.2 Å². The summed E-state index contributed by atoms with van der Waals surface area (Å²) in [6.07, 6.45) is 0. The number of nitrogens with one attached hydrogen (secondary N) is 1. The molecule has 0 aliphatic rings. The van der Waals surface area contributed by atoms with E-state index in [1.165, 1.54) is 12.1 Å². The van der Waals surface area contributed by atoms with Crippen LogP contribution in [-0.4, -0.2) is 68.8 Å². The minimum absolute atomic E-state index is 0.0936. The van der Waals surface area contributed by atoms with Crippen LogP contribution in [0.15, 0.2) is 29.2 Å². The molecule has 0 bridgehead atoms. The van der Waals surface area contributed by atoms with Gasteiger partial charge in [0, 0.05) is 30.7 Å². The van der Waals surface area contributed by atoms with Crippen molar-refractivity contribution in [2.75, 3.05) is 38.5 Å². The Kier molecular flexibility index (Phi) is 9.39. The van der Waals surface area contributed by atoms with E-state index >= 15 is 0 Å². The molecule has 0 aliphatic heterocycles. The van der Waals surface area contributed by atoms with Crippen molar-refractivity contribution in [1.29, 1.82) is 0 Å². The molecule has 0 aromatic heterocycles. The maximum absolute atomic E-state index is 12.5. The number of likely N-dealkylation sites (N-methyl/N-ethyl adjacent to an activating group) is 1. The molecule has 26 heavy (non-hydrogen) atoms. The van der Waals surface area contributed by atoms with Crippen molar-refractivity contribution in [2.45, 2.75) is 38.6 Å². The lowest BCUT2D eigenvalue weighted by atomic mass is 10.3. The highest BCUT2D eigenvalue weighted by atomic mass is 35.5. The first-order valence-corrected chi connectivity index (χ1v) is 11.0. The number of rotatable bonds is 10. The molecule has 0 radical (unpaired) electrons. The van der Waals surface area contributed by atoms with Gasteiger partial charge in [0.25, 0.3) is 0 Å². The van der Waals surface area contributed by atoms with Crippen molar-refractivity contribution in [3.8, 4) is 0 Å². The smallest absolute Gasteiger partial charge is 0.317 e. The highest BCUT2D eigenvalue weighted by Crippen LogP contribution is 2.16. The highest BCUT2D eigenvalue weighted by Gasteiger charge is 2.21. The SMILES string of the molecule is CCN(CC)CCNC(=O)N(CCS(=O)(=O)c1ccc(Cl)cc1)C(C)C. The summed E-state index contributed by atoms with van der Waals surface area (Å²) in [6, 6.07) is 5.74. The van der Waals surface area contributed by atoms with Gasteiger partial charge in [-0.3, -0.25) is 0 Å². The zero-order chi connectivity index (χ0) is 19.7. The fourth-order valence-electron chi connectivity index (χ4n) is 2.53. The Hall–Kier alpha value is -1.31. The number of carbonyl (C=O) groups is 1. The van der Waals surface area contributed by atoms with Crippen molar-refractivity contribution < 1.29 is 13.2 Å². The van der Waals surface area contributed by atoms with Crippen molar-refractivity contribution in [1.82, 2.24) is 15.1 Å². The molecule has 0 unspecified atom stereocenters. The molecule has 148 valence electrons. The van der Waals surface area contributed by atoms with Crippen LogP contribution in [0.25, 0.3) is 0 Å². The van der Waals surface area contributed by atoms with E-state index in [1.807, 2.05) is 13.8 Å². The standard InChI is InChI=1S/C18H30ClN3O3S/c1-5-21(6-2)12-11-20-18(23)22(15(3)4)13-14-26(24,25)17-9-7-16(19)8-10-17/h7-10,15H,5-6,11-14H2,1-4H3,(H,20,23). The summed E-state index contributed by atoms with van der Waals surface area (Å²) in [5.41, 5.74) is 0. The van der Waals surface area contributed by atoms with Gasteiger partial charge >= 0.3 is 6.03 Å². The number of benzene rings is 1. The topological polar surface area (TPSA) is 69.7 Å². The van der Waals surface area contributed by atoms with Gasteiger partial charge in [0.05, 0.1) is 10.6 Å². The molecular formula is C18H30ClN3O3S. The van der Waals surface area contributed by atoms with Gasteiger partial charge in [-0.15, -0.1) is 0 Å². The number of amides is 2. The number of urea groups is 1. The van der Waals surface area contributed by atoms with Crippen LogP contribution in [-0.2, 0) is 9.84 Å². The molecule has 0 fully saturated rings. The summed E-state index contributed by atoms with van der Waals surface area (Å²) in [5.74, 6) is -0.129. The second-order valence-electron chi connectivity index (χ2n) is 6.32. The van der Waals surface area contributed by atoms with Crippen LogP contribution < -0.4 is 5.32 Å². The Labute approximate surface area is 162 Å². The van der Waals surface area contributed by atoms with E-state index in [2.05, 4.69) is 24.1 Å². The van der Waals surface area contributed by atoms with Crippen LogP contribution in [0.5, 0.6) is 0 Å². The summed E-state index contributed by atoms with van der Waals surface area (Å²) >= 11 is 5.80. The molecule has 0 saturated carbocycles. The summed E-state index contributed by atoms with van der Waals surface area (Å²) in [4.78, 5) is 16.4. The number of halogens is 1. The molecule has 0 atom stereocenters. The predicted octanol–water partition coefficient (Wildman–Crippen LogP) is 2.88. The first-order valence-electron chi connectivity index (χ1n) is 8.96. The van der Waals surface area contributed by atoms with Crippen molar-refractivity contribution in [2.24, 2.45) is 0 Å². The fourth-order valence-corrected chi connectivity index (χ4v) is 3.88. The number of nitrogens with zero attached hydrogens (tertiary/aromatic N) is 2. The largest absolute Gasteiger partial charge is 0.337 e. The zero-order valence-electron chi connectivity index (χ0n) is 16.0. The highest BCUT2D eigenvalue weighted by molar-refractivity contribution is 7.91. The van der Waals surface area contributed by atoms with Crippen molar-refractivity contribution >= 4 is 27.5 Å². The summed E-state index contributed by atoms with van der Waals surface area (Å²) in [6.45, 7) is 11.2. The molecule has 1 aromatic carbocycles. The number of carbonyl (C=O) groups excluding carboxylic acids is 1.